The van der Waals surface area contributed by atoms with Gasteiger partial charge in [-0.25, -0.2) is 0 Å². The Bertz CT molecular complexity index is 346. The summed E-state index contributed by atoms with van der Waals surface area (Å²) in [6.07, 6.45) is -1.52. The zero-order chi connectivity index (χ0) is 19.1. The highest BCUT2D eigenvalue weighted by Crippen LogP contribution is 2.31. The summed E-state index contributed by atoms with van der Waals surface area (Å²) in [6.45, 7) is 9.28. The third-order valence-corrected chi connectivity index (χ3v) is 5.25. The van der Waals surface area contributed by atoms with Crippen LogP contribution in [0.1, 0.15) is 60.3 Å². The molecule has 0 aromatic heterocycles. The fourth-order valence-electron chi connectivity index (χ4n) is 3.36. The Hall–Kier alpha value is -0.240. The summed E-state index contributed by atoms with van der Waals surface area (Å²) >= 11 is 0. The van der Waals surface area contributed by atoms with Gasteiger partial charge >= 0.3 is 0 Å². The van der Waals surface area contributed by atoms with Crippen molar-refractivity contribution >= 4 is 0 Å². The standard InChI is InChI=1S/C18H39NO5/c1-7-14(18(5,24)13(3)20)8-15(21)9-16(22)17(4,23)10-12(2)11-19-6/h12-16,19-24H,7-11H2,1-6H3/t12-,13?,14+,15-,16-,17-,18+/m1/s1. The van der Waals surface area contributed by atoms with Gasteiger partial charge in [-0.1, -0.05) is 20.3 Å². The van der Waals surface area contributed by atoms with E-state index in [9.17, 15) is 25.5 Å². The average molecular weight is 350 g/mol. The summed E-state index contributed by atoms with van der Waals surface area (Å²) in [5, 5.41) is 54.3. The predicted molar refractivity (Wildman–Crippen MR) is 95.7 cm³/mol. The zero-order valence-electron chi connectivity index (χ0n) is 16.2. The fourth-order valence-corrected chi connectivity index (χ4v) is 3.36. The smallest absolute Gasteiger partial charge is 0.0903 e. The van der Waals surface area contributed by atoms with E-state index in [1.807, 2.05) is 20.9 Å². The van der Waals surface area contributed by atoms with E-state index in [1.54, 1.807) is 13.8 Å². The molecule has 0 rings (SSSR count). The Kier molecular flexibility index (Phi) is 9.94. The molecule has 0 fully saturated rings. The van der Waals surface area contributed by atoms with Crippen molar-refractivity contribution in [1.82, 2.24) is 5.32 Å². The van der Waals surface area contributed by atoms with E-state index < -0.39 is 29.5 Å². The molecule has 0 heterocycles. The molecule has 6 heteroatoms. The highest BCUT2D eigenvalue weighted by molar-refractivity contribution is 4.90. The summed E-state index contributed by atoms with van der Waals surface area (Å²) < 4.78 is 0. The maximum absolute atomic E-state index is 10.5. The third kappa shape index (κ3) is 7.33. The Morgan fingerprint density at radius 3 is 1.96 bits per heavy atom. The predicted octanol–water partition coefficient (Wildman–Crippen LogP) is 0.643. The van der Waals surface area contributed by atoms with Crippen molar-refractivity contribution < 1.29 is 25.5 Å². The van der Waals surface area contributed by atoms with Gasteiger partial charge < -0.3 is 30.8 Å². The van der Waals surface area contributed by atoms with E-state index in [-0.39, 0.29) is 24.7 Å². The van der Waals surface area contributed by atoms with Crippen LogP contribution in [-0.2, 0) is 0 Å². The van der Waals surface area contributed by atoms with Gasteiger partial charge in [0.15, 0.2) is 0 Å². The summed E-state index contributed by atoms with van der Waals surface area (Å²) in [5.41, 5.74) is -2.59. The van der Waals surface area contributed by atoms with Gasteiger partial charge in [-0.05, 0) is 59.0 Å². The molecule has 6 N–H and O–H groups in total. The molecule has 24 heavy (non-hydrogen) atoms. The van der Waals surface area contributed by atoms with E-state index in [2.05, 4.69) is 5.32 Å². The monoisotopic (exact) mass is 349 g/mol. The summed E-state index contributed by atoms with van der Waals surface area (Å²) in [4.78, 5) is 0. The van der Waals surface area contributed by atoms with E-state index in [4.69, 9.17) is 0 Å². The molecule has 0 aliphatic rings. The van der Waals surface area contributed by atoms with Crippen LogP contribution in [0, 0.1) is 11.8 Å². The first-order valence-corrected chi connectivity index (χ1v) is 9.01. The number of aliphatic hydroxyl groups is 5. The lowest BCUT2D eigenvalue weighted by atomic mass is 9.78. The van der Waals surface area contributed by atoms with Crippen LogP contribution >= 0.6 is 0 Å². The Morgan fingerprint density at radius 1 is 1.00 bits per heavy atom. The van der Waals surface area contributed by atoms with Crippen molar-refractivity contribution in [2.75, 3.05) is 13.6 Å². The highest BCUT2D eigenvalue weighted by atomic mass is 16.3. The van der Waals surface area contributed by atoms with Crippen molar-refractivity contribution in [3.05, 3.63) is 0 Å². The summed E-state index contributed by atoms with van der Waals surface area (Å²) in [6, 6.07) is 0. The summed E-state index contributed by atoms with van der Waals surface area (Å²) in [7, 11) is 1.84. The molecule has 0 spiro atoms. The van der Waals surface area contributed by atoms with Crippen molar-refractivity contribution in [2.24, 2.45) is 11.8 Å². The van der Waals surface area contributed by atoms with Gasteiger partial charge in [-0.15, -0.1) is 0 Å². The molecular weight excluding hydrogens is 310 g/mol. The molecule has 0 radical (unpaired) electrons. The van der Waals surface area contributed by atoms with E-state index in [1.165, 1.54) is 6.92 Å². The van der Waals surface area contributed by atoms with Gasteiger partial charge in [0, 0.05) is 6.42 Å². The maximum atomic E-state index is 10.5. The second kappa shape index (κ2) is 10.0. The molecule has 7 atom stereocenters. The second-order valence-corrected chi connectivity index (χ2v) is 7.87. The molecule has 0 aromatic carbocycles. The van der Waals surface area contributed by atoms with Crippen molar-refractivity contribution in [3.63, 3.8) is 0 Å². The van der Waals surface area contributed by atoms with Crippen LogP contribution < -0.4 is 5.32 Å². The SMILES string of the molecule is CC[C@@H](C[C@@H](O)C[C@@H](O)[C@](C)(O)C[C@@H](C)CNC)[C@@](C)(O)C(C)O. The largest absolute Gasteiger partial charge is 0.393 e. The van der Waals surface area contributed by atoms with Crippen molar-refractivity contribution in [3.8, 4) is 0 Å². The molecule has 146 valence electrons. The number of aliphatic hydroxyl groups excluding tert-OH is 3. The lowest BCUT2D eigenvalue weighted by molar-refractivity contribution is -0.115. The molecule has 6 nitrogen and oxygen atoms in total. The Labute approximate surface area is 146 Å². The first-order chi connectivity index (χ1) is 10.9. The molecule has 0 bridgehead atoms. The van der Waals surface area contributed by atoms with Gasteiger partial charge in [-0.2, -0.15) is 0 Å². The van der Waals surface area contributed by atoms with Crippen LogP contribution in [0.5, 0.6) is 0 Å². The number of hydrogen-bond donors (Lipinski definition) is 6. The van der Waals surface area contributed by atoms with Crippen LogP contribution in [0.25, 0.3) is 0 Å². The maximum Gasteiger partial charge on any atom is 0.0903 e. The molecule has 0 saturated heterocycles. The molecule has 1 unspecified atom stereocenters. The van der Waals surface area contributed by atoms with E-state index in [0.29, 0.717) is 12.8 Å². The summed E-state index contributed by atoms with van der Waals surface area (Å²) in [5.74, 6) is -0.107. The van der Waals surface area contributed by atoms with Crippen molar-refractivity contribution in [1.29, 1.82) is 0 Å². The molecule has 0 amide bonds. The lowest BCUT2D eigenvalue weighted by Crippen LogP contribution is -2.47. The third-order valence-electron chi connectivity index (χ3n) is 5.25. The van der Waals surface area contributed by atoms with Gasteiger partial charge in [0.2, 0.25) is 0 Å². The number of hydrogen-bond acceptors (Lipinski definition) is 6. The minimum absolute atomic E-state index is 0.0334. The highest BCUT2D eigenvalue weighted by Gasteiger charge is 2.38. The first kappa shape index (κ1) is 23.8. The Morgan fingerprint density at radius 2 is 1.54 bits per heavy atom. The average Bonchev–Trinajstić information content (AvgIpc) is 2.43. The quantitative estimate of drug-likeness (QED) is 0.308. The number of nitrogens with one attached hydrogen (secondary N) is 1. The van der Waals surface area contributed by atoms with Crippen LogP contribution in [-0.4, -0.2) is 68.6 Å². The van der Waals surface area contributed by atoms with Crippen molar-refractivity contribution in [2.45, 2.75) is 89.8 Å². The second-order valence-electron chi connectivity index (χ2n) is 7.87. The van der Waals surface area contributed by atoms with Gasteiger partial charge in [-0.3, -0.25) is 0 Å². The molecular formula is C18H39NO5. The van der Waals surface area contributed by atoms with Crippen LogP contribution in [0.4, 0.5) is 0 Å². The molecule has 0 saturated carbocycles. The zero-order valence-corrected chi connectivity index (χ0v) is 16.2. The van der Waals surface area contributed by atoms with Crippen LogP contribution in [0.3, 0.4) is 0 Å². The van der Waals surface area contributed by atoms with E-state index in [0.717, 1.165) is 6.54 Å². The Balaban J connectivity index is 4.70. The topological polar surface area (TPSA) is 113 Å². The minimum Gasteiger partial charge on any atom is -0.393 e. The van der Waals surface area contributed by atoms with E-state index >= 15 is 0 Å². The van der Waals surface area contributed by atoms with Crippen LogP contribution in [0.15, 0.2) is 0 Å². The van der Waals surface area contributed by atoms with Crippen LogP contribution in [0.2, 0.25) is 0 Å². The first-order valence-electron chi connectivity index (χ1n) is 9.01. The van der Waals surface area contributed by atoms with Gasteiger partial charge in [0.1, 0.15) is 0 Å². The lowest BCUT2D eigenvalue weighted by Gasteiger charge is -2.37. The van der Waals surface area contributed by atoms with Gasteiger partial charge in [0.05, 0.1) is 29.5 Å². The fraction of sp³-hybridized carbons (Fsp3) is 1.00. The molecule has 0 aromatic rings. The normalized spacial score (nSPS) is 23.6. The molecule has 0 aliphatic carbocycles. The van der Waals surface area contributed by atoms with Gasteiger partial charge in [0.25, 0.3) is 0 Å². The number of rotatable bonds is 12. The molecule has 0 aliphatic heterocycles. The minimum atomic E-state index is -1.30.